The Morgan fingerprint density at radius 1 is 1.42 bits per heavy atom. The molecule has 0 fully saturated rings. The van der Waals surface area contributed by atoms with Crippen molar-refractivity contribution in [1.82, 2.24) is 14.8 Å². The summed E-state index contributed by atoms with van der Waals surface area (Å²) in [6, 6.07) is 5.73. The molecule has 100 valence electrons. The Hall–Kier alpha value is -1.69. The summed E-state index contributed by atoms with van der Waals surface area (Å²) in [6.07, 6.45) is 0. The van der Waals surface area contributed by atoms with Gasteiger partial charge in [0.15, 0.2) is 0 Å². The fraction of sp³-hybridized carbons (Fsp3) is 0.308. The van der Waals surface area contributed by atoms with E-state index in [-0.39, 0.29) is 11.7 Å². The lowest BCUT2D eigenvalue weighted by Gasteiger charge is -2.09. The number of carboxylic acids is 1. The summed E-state index contributed by atoms with van der Waals surface area (Å²) in [4.78, 5) is 15.1. The van der Waals surface area contributed by atoms with Crippen molar-refractivity contribution in [3.63, 3.8) is 0 Å². The number of hydrogen-bond acceptors (Lipinski definition) is 3. The maximum absolute atomic E-state index is 11.0. The SMILES string of the molecule is Cc1cc(-n2nc(C(=O)O)nc2C(C)C)ccc1Br. The van der Waals surface area contributed by atoms with Gasteiger partial charge in [-0.15, -0.1) is 5.10 Å². The van der Waals surface area contributed by atoms with E-state index in [1.807, 2.05) is 39.0 Å². The number of aromatic carboxylic acids is 1. The van der Waals surface area contributed by atoms with Crippen LogP contribution in [0.3, 0.4) is 0 Å². The number of aryl methyl sites for hydroxylation is 1. The van der Waals surface area contributed by atoms with Crippen LogP contribution in [0.5, 0.6) is 0 Å². The highest BCUT2D eigenvalue weighted by Gasteiger charge is 2.18. The molecule has 0 saturated carbocycles. The molecule has 0 atom stereocenters. The summed E-state index contributed by atoms with van der Waals surface area (Å²) < 4.78 is 2.59. The molecule has 2 aromatic rings. The smallest absolute Gasteiger partial charge is 0.375 e. The Morgan fingerprint density at radius 3 is 2.63 bits per heavy atom. The van der Waals surface area contributed by atoms with E-state index in [4.69, 9.17) is 5.11 Å². The predicted molar refractivity (Wildman–Crippen MR) is 74.8 cm³/mol. The third-order valence-corrected chi connectivity index (χ3v) is 3.62. The normalized spacial score (nSPS) is 11.0. The summed E-state index contributed by atoms with van der Waals surface area (Å²) >= 11 is 3.44. The second-order valence-corrected chi connectivity index (χ2v) is 5.45. The molecule has 0 unspecified atom stereocenters. The first-order chi connectivity index (χ1) is 8.90. The van der Waals surface area contributed by atoms with Crippen molar-refractivity contribution in [2.75, 3.05) is 0 Å². The lowest BCUT2D eigenvalue weighted by molar-refractivity contribution is 0.0683. The Morgan fingerprint density at radius 2 is 2.11 bits per heavy atom. The van der Waals surface area contributed by atoms with Gasteiger partial charge in [-0.2, -0.15) is 0 Å². The molecular weight excluding hydrogens is 310 g/mol. The number of carbonyl (C=O) groups is 1. The van der Waals surface area contributed by atoms with Crippen molar-refractivity contribution < 1.29 is 9.90 Å². The number of rotatable bonds is 3. The van der Waals surface area contributed by atoms with E-state index in [2.05, 4.69) is 26.0 Å². The second kappa shape index (κ2) is 5.13. The van der Waals surface area contributed by atoms with E-state index < -0.39 is 5.97 Å². The summed E-state index contributed by atoms with van der Waals surface area (Å²) in [5.74, 6) is -0.567. The molecule has 0 radical (unpaired) electrons. The molecule has 1 aromatic heterocycles. The first-order valence-electron chi connectivity index (χ1n) is 5.87. The molecule has 0 aliphatic rings. The van der Waals surface area contributed by atoms with Crippen LogP contribution < -0.4 is 0 Å². The highest BCUT2D eigenvalue weighted by atomic mass is 79.9. The minimum absolute atomic E-state index is 0.0875. The number of aromatic nitrogens is 3. The number of carboxylic acid groups (broad SMARTS) is 1. The fourth-order valence-corrected chi connectivity index (χ4v) is 1.99. The van der Waals surface area contributed by atoms with Gasteiger partial charge in [0.1, 0.15) is 5.82 Å². The molecule has 0 aliphatic heterocycles. The maximum atomic E-state index is 11.0. The highest BCUT2D eigenvalue weighted by Crippen LogP contribution is 2.22. The Bertz CT molecular complexity index is 635. The van der Waals surface area contributed by atoms with Gasteiger partial charge in [0.2, 0.25) is 0 Å². The van der Waals surface area contributed by atoms with Crippen molar-refractivity contribution in [1.29, 1.82) is 0 Å². The molecule has 1 heterocycles. The average molecular weight is 324 g/mol. The zero-order chi connectivity index (χ0) is 14.2. The molecule has 1 aromatic carbocycles. The fourth-order valence-electron chi connectivity index (χ4n) is 1.74. The van der Waals surface area contributed by atoms with E-state index in [0.717, 1.165) is 15.7 Å². The van der Waals surface area contributed by atoms with E-state index >= 15 is 0 Å². The van der Waals surface area contributed by atoms with Crippen LogP contribution >= 0.6 is 15.9 Å². The molecule has 2 rings (SSSR count). The highest BCUT2D eigenvalue weighted by molar-refractivity contribution is 9.10. The summed E-state index contributed by atoms with van der Waals surface area (Å²) in [5, 5.41) is 13.1. The molecule has 5 nitrogen and oxygen atoms in total. The quantitative estimate of drug-likeness (QED) is 0.942. The maximum Gasteiger partial charge on any atom is 0.375 e. The van der Waals surface area contributed by atoms with Gasteiger partial charge < -0.3 is 5.11 Å². The van der Waals surface area contributed by atoms with E-state index in [1.165, 1.54) is 0 Å². The van der Waals surface area contributed by atoms with Crippen LogP contribution in [-0.2, 0) is 0 Å². The van der Waals surface area contributed by atoms with Crippen molar-refractivity contribution in [3.05, 3.63) is 39.9 Å². The standard InChI is InChI=1S/C13H14BrN3O2/c1-7(2)12-15-11(13(18)19)16-17(12)9-4-5-10(14)8(3)6-9/h4-7H,1-3H3,(H,18,19). The minimum Gasteiger partial charge on any atom is -0.475 e. The lowest BCUT2D eigenvalue weighted by Crippen LogP contribution is -2.05. The average Bonchev–Trinajstić information content (AvgIpc) is 2.78. The minimum atomic E-state index is -1.12. The Labute approximate surface area is 119 Å². The van der Waals surface area contributed by atoms with Crippen LogP contribution in [0.2, 0.25) is 0 Å². The molecule has 1 N–H and O–H groups in total. The lowest BCUT2D eigenvalue weighted by atomic mass is 10.2. The van der Waals surface area contributed by atoms with E-state index in [1.54, 1.807) is 4.68 Å². The van der Waals surface area contributed by atoms with Crippen LogP contribution in [0.1, 0.15) is 41.8 Å². The van der Waals surface area contributed by atoms with Crippen molar-refractivity contribution in [3.8, 4) is 5.69 Å². The Kier molecular flexibility index (Phi) is 3.71. The van der Waals surface area contributed by atoms with E-state index in [0.29, 0.717) is 5.82 Å². The van der Waals surface area contributed by atoms with Gasteiger partial charge >= 0.3 is 5.97 Å². The third-order valence-electron chi connectivity index (χ3n) is 2.73. The Balaban J connectivity index is 2.59. The van der Waals surface area contributed by atoms with Gasteiger partial charge in [0.05, 0.1) is 5.69 Å². The number of hydrogen-bond donors (Lipinski definition) is 1. The number of halogens is 1. The molecule has 0 aliphatic carbocycles. The zero-order valence-corrected chi connectivity index (χ0v) is 12.5. The second-order valence-electron chi connectivity index (χ2n) is 4.60. The first kappa shape index (κ1) is 13.7. The molecule has 19 heavy (non-hydrogen) atoms. The van der Waals surface area contributed by atoms with Crippen molar-refractivity contribution in [2.45, 2.75) is 26.7 Å². The topological polar surface area (TPSA) is 68.0 Å². The molecule has 0 spiro atoms. The van der Waals surface area contributed by atoms with Gasteiger partial charge in [0.25, 0.3) is 5.82 Å². The van der Waals surface area contributed by atoms with Gasteiger partial charge in [-0.3, -0.25) is 0 Å². The molecular formula is C13H14BrN3O2. The van der Waals surface area contributed by atoms with Crippen LogP contribution in [0.25, 0.3) is 5.69 Å². The number of nitrogens with zero attached hydrogens (tertiary/aromatic N) is 3. The largest absolute Gasteiger partial charge is 0.475 e. The van der Waals surface area contributed by atoms with Crippen molar-refractivity contribution in [2.24, 2.45) is 0 Å². The van der Waals surface area contributed by atoms with Crippen LogP contribution in [-0.4, -0.2) is 25.8 Å². The van der Waals surface area contributed by atoms with Gasteiger partial charge in [-0.1, -0.05) is 29.8 Å². The zero-order valence-electron chi connectivity index (χ0n) is 10.9. The van der Waals surface area contributed by atoms with Gasteiger partial charge in [-0.05, 0) is 30.7 Å². The van der Waals surface area contributed by atoms with Gasteiger partial charge in [0, 0.05) is 10.4 Å². The van der Waals surface area contributed by atoms with Crippen LogP contribution in [0.4, 0.5) is 0 Å². The number of benzene rings is 1. The molecule has 0 bridgehead atoms. The third kappa shape index (κ3) is 2.68. The first-order valence-corrected chi connectivity index (χ1v) is 6.66. The van der Waals surface area contributed by atoms with Crippen LogP contribution in [0.15, 0.2) is 22.7 Å². The summed E-state index contributed by atoms with van der Waals surface area (Å²) in [5.41, 5.74) is 1.86. The van der Waals surface area contributed by atoms with Crippen molar-refractivity contribution >= 4 is 21.9 Å². The predicted octanol–water partition coefficient (Wildman–Crippen LogP) is 3.16. The molecule has 0 saturated heterocycles. The molecule has 6 heteroatoms. The summed E-state index contributed by atoms with van der Waals surface area (Å²) in [7, 11) is 0. The van der Waals surface area contributed by atoms with Crippen LogP contribution in [0, 0.1) is 6.92 Å². The monoisotopic (exact) mass is 323 g/mol. The molecule has 0 amide bonds. The summed E-state index contributed by atoms with van der Waals surface area (Å²) in [6.45, 7) is 5.88. The van der Waals surface area contributed by atoms with E-state index in [9.17, 15) is 4.79 Å². The van der Waals surface area contributed by atoms with Gasteiger partial charge in [-0.25, -0.2) is 14.5 Å².